The Kier molecular flexibility index (Phi) is 3.36. The molecule has 1 aromatic rings. The standard InChI is InChI=1S/C8H15N5S/c1-13-8(10-11-12-13)5-9-7-3-2-4-14-6-7/h7,9H,2-6H2,1H3. The van der Waals surface area contributed by atoms with E-state index < -0.39 is 0 Å². The summed E-state index contributed by atoms with van der Waals surface area (Å²) in [6.45, 7) is 0.773. The Morgan fingerprint density at radius 3 is 3.21 bits per heavy atom. The molecule has 0 spiro atoms. The van der Waals surface area contributed by atoms with E-state index in [0.29, 0.717) is 6.04 Å². The van der Waals surface area contributed by atoms with Crippen LogP contribution in [0.3, 0.4) is 0 Å². The number of aryl methyl sites for hydroxylation is 1. The maximum absolute atomic E-state index is 3.93. The van der Waals surface area contributed by atoms with Crippen LogP contribution in [0.2, 0.25) is 0 Å². The second kappa shape index (κ2) is 4.75. The van der Waals surface area contributed by atoms with Gasteiger partial charge in [-0.3, -0.25) is 0 Å². The van der Waals surface area contributed by atoms with Crippen molar-refractivity contribution in [1.82, 2.24) is 25.5 Å². The fourth-order valence-corrected chi connectivity index (χ4v) is 2.64. The molecule has 1 fully saturated rings. The second-order valence-corrected chi connectivity index (χ2v) is 4.66. The summed E-state index contributed by atoms with van der Waals surface area (Å²) in [5.74, 6) is 3.43. The molecule has 1 aliphatic rings. The third-order valence-corrected chi connectivity index (χ3v) is 3.63. The molecule has 5 nitrogen and oxygen atoms in total. The smallest absolute Gasteiger partial charge is 0.164 e. The summed E-state index contributed by atoms with van der Waals surface area (Å²) >= 11 is 2.02. The van der Waals surface area contributed by atoms with Crippen LogP contribution in [0.4, 0.5) is 0 Å². The van der Waals surface area contributed by atoms with Crippen LogP contribution in [-0.4, -0.2) is 37.8 Å². The first-order valence-corrected chi connectivity index (χ1v) is 6.04. The van der Waals surface area contributed by atoms with E-state index >= 15 is 0 Å². The maximum atomic E-state index is 3.93. The van der Waals surface area contributed by atoms with Gasteiger partial charge in [0.15, 0.2) is 5.82 Å². The zero-order valence-corrected chi connectivity index (χ0v) is 9.13. The van der Waals surface area contributed by atoms with Crippen molar-refractivity contribution >= 4 is 11.8 Å². The van der Waals surface area contributed by atoms with Gasteiger partial charge in [0.2, 0.25) is 0 Å². The predicted octanol–water partition coefficient (Wildman–Crippen LogP) is 0.195. The number of rotatable bonds is 3. The van der Waals surface area contributed by atoms with Crippen LogP contribution in [0, 0.1) is 0 Å². The number of nitrogens with one attached hydrogen (secondary N) is 1. The van der Waals surface area contributed by atoms with Crippen molar-refractivity contribution in [3.8, 4) is 0 Å². The molecule has 1 aliphatic heterocycles. The van der Waals surface area contributed by atoms with Crippen molar-refractivity contribution < 1.29 is 0 Å². The lowest BCUT2D eigenvalue weighted by Gasteiger charge is -2.21. The van der Waals surface area contributed by atoms with Crippen molar-refractivity contribution in [2.45, 2.75) is 25.4 Å². The molecule has 1 N–H and O–H groups in total. The minimum Gasteiger partial charge on any atom is -0.306 e. The van der Waals surface area contributed by atoms with E-state index in [1.165, 1.54) is 24.3 Å². The fraction of sp³-hybridized carbons (Fsp3) is 0.875. The van der Waals surface area contributed by atoms with Gasteiger partial charge in [-0.2, -0.15) is 11.8 Å². The molecular weight excluding hydrogens is 198 g/mol. The van der Waals surface area contributed by atoms with Crippen molar-refractivity contribution in [2.24, 2.45) is 7.05 Å². The molecule has 0 aromatic carbocycles. The molecule has 2 heterocycles. The molecule has 0 aliphatic carbocycles. The highest BCUT2D eigenvalue weighted by molar-refractivity contribution is 7.99. The van der Waals surface area contributed by atoms with Crippen molar-refractivity contribution in [3.05, 3.63) is 5.82 Å². The van der Waals surface area contributed by atoms with E-state index in [-0.39, 0.29) is 0 Å². The minimum atomic E-state index is 0.630. The number of tetrazole rings is 1. The van der Waals surface area contributed by atoms with Crippen LogP contribution in [0.1, 0.15) is 18.7 Å². The van der Waals surface area contributed by atoms with Gasteiger partial charge >= 0.3 is 0 Å². The van der Waals surface area contributed by atoms with Gasteiger partial charge in [-0.15, -0.1) is 5.10 Å². The van der Waals surface area contributed by atoms with E-state index in [4.69, 9.17) is 0 Å². The summed E-state index contributed by atoms with van der Waals surface area (Å²) in [5, 5.41) is 14.8. The fourth-order valence-electron chi connectivity index (χ4n) is 1.54. The van der Waals surface area contributed by atoms with Gasteiger partial charge < -0.3 is 5.32 Å². The van der Waals surface area contributed by atoms with Gasteiger partial charge in [0.05, 0.1) is 6.54 Å². The molecule has 0 saturated carbocycles. The first kappa shape index (κ1) is 9.92. The van der Waals surface area contributed by atoms with Crippen molar-refractivity contribution in [3.63, 3.8) is 0 Å². The lowest BCUT2D eigenvalue weighted by atomic mass is 10.2. The Hall–Kier alpha value is -0.620. The minimum absolute atomic E-state index is 0.630. The highest BCUT2D eigenvalue weighted by atomic mass is 32.2. The van der Waals surface area contributed by atoms with Crippen LogP contribution >= 0.6 is 11.8 Å². The Morgan fingerprint density at radius 1 is 1.64 bits per heavy atom. The van der Waals surface area contributed by atoms with Crippen LogP contribution in [0.5, 0.6) is 0 Å². The number of hydrogen-bond acceptors (Lipinski definition) is 5. The van der Waals surface area contributed by atoms with Gasteiger partial charge in [-0.1, -0.05) is 0 Å². The van der Waals surface area contributed by atoms with E-state index in [0.717, 1.165) is 12.4 Å². The SMILES string of the molecule is Cn1nnnc1CNC1CCCSC1. The summed E-state index contributed by atoms with van der Waals surface area (Å²) in [7, 11) is 1.87. The van der Waals surface area contributed by atoms with Crippen LogP contribution in [-0.2, 0) is 13.6 Å². The van der Waals surface area contributed by atoms with Gasteiger partial charge in [-0.25, -0.2) is 4.68 Å². The summed E-state index contributed by atoms with van der Waals surface area (Å²) < 4.78 is 1.71. The first-order chi connectivity index (χ1) is 6.86. The van der Waals surface area contributed by atoms with Gasteiger partial charge in [-0.05, 0) is 29.0 Å². The highest BCUT2D eigenvalue weighted by Crippen LogP contribution is 2.16. The van der Waals surface area contributed by atoms with E-state index in [9.17, 15) is 0 Å². The van der Waals surface area contributed by atoms with Gasteiger partial charge in [0, 0.05) is 18.8 Å². The molecule has 1 aromatic heterocycles. The number of thioether (sulfide) groups is 1. The summed E-state index contributed by atoms with van der Waals surface area (Å²) in [6, 6.07) is 0.630. The molecule has 1 atom stereocenters. The molecule has 78 valence electrons. The Labute approximate surface area is 87.6 Å². The lowest BCUT2D eigenvalue weighted by molar-refractivity contribution is 0.489. The second-order valence-electron chi connectivity index (χ2n) is 3.51. The maximum Gasteiger partial charge on any atom is 0.164 e. The normalized spacial score (nSPS) is 22.5. The summed E-state index contributed by atoms with van der Waals surface area (Å²) in [5.41, 5.74) is 0. The Morgan fingerprint density at radius 2 is 2.57 bits per heavy atom. The van der Waals surface area contributed by atoms with Crippen molar-refractivity contribution in [2.75, 3.05) is 11.5 Å². The zero-order chi connectivity index (χ0) is 9.80. The number of hydrogen-bond donors (Lipinski definition) is 1. The Balaban J connectivity index is 1.79. The molecule has 14 heavy (non-hydrogen) atoms. The van der Waals surface area contributed by atoms with E-state index in [1.807, 2.05) is 18.8 Å². The average molecular weight is 213 g/mol. The third-order valence-electron chi connectivity index (χ3n) is 2.42. The largest absolute Gasteiger partial charge is 0.306 e. The van der Waals surface area contributed by atoms with Crippen LogP contribution in [0.15, 0.2) is 0 Å². The molecule has 1 unspecified atom stereocenters. The van der Waals surface area contributed by atoms with E-state index in [1.54, 1.807) is 4.68 Å². The highest BCUT2D eigenvalue weighted by Gasteiger charge is 2.13. The summed E-state index contributed by atoms with van der Waals surface area (Å²) in [4.78, 5) is 0. The quantitative estimate of drug-likeness (QED) is 0.777. The molecule has 6 heteroatoms. The van der Waals surface area contributed by atoms with E-state index in [2.05, 4.69) is 20.8 Å². The first-order valence-electron chi connectivity index (χ1n) is 4.88. The van der Waals surface area contributed by atoms with Gasteiger partial charge in [0.25, 0.3) is 0 Å². The van der Waals surface area contributed by atoms with Crippen LogP contribution < -0.4 is 5.32 Å². The number of nitrogens with zero attached hydrogens (tertiary/aromatic N) is 4. The molecule has 0 radical (unpaired) electrons. The molecule has 0 amide bonds. The molecule has 1 saturated heterocycles. The predicted molar refractivity (Wildman–Crippen MR) is 56.0 cm³/mol. The number of aromatic nitrogens is 4. The zero-order valence-electron chi connectivity index (χ0n) is 8.31. The lowest BCUT2D eigenvalue weighted by Crippen LogP contribution is -2.34. The topological polar surface area (TPSA) is 55.6 Å². The van der Waals surface area contributed by atoms with Crippen molar-refractivity contribution in [1.29, 1.82) is 0 Å². The Bertz CT molecular complexity index is 281. The van der Waals surface area contributed by atoms with Gasteiger partial charge in [0.1, 0.15) is 0 Å². The molecule has 2 rings (SSSR count). The third kappa shape index (κ3) is 2.45. The average Bonchev–Trinajstić information content (AvgIpc) is 2.63. The monoisotopic (exact) mass is 213 g/mol. The molecule has 0 bridgehead atoms. The summed E-state index contributed by atoms with van der Waals surface area (Å²) in [6.07, 6.45) is 2.59. The van der Waals surface area contributed by atoms with Crippen LogP contribution in [0.25, 0.3) is 0 Å². The molecular formula is C8H15N5S.